The van der Waals surface area contributed by atoms with Crippen LogP contribution in [0.3, 0.4) is 0 Å². The molecule has 3 heteroatoms. The molecule has 1 unspecified atom stereocenters. The van der Waals surface area contributed by atoms with Crippen LogP contribution in [0.4, 0.5) is 0 Å². The zero-order chi connectivity index (χ0) is 12.0. The zero-order valence-electron chi connectivity index (χ0n) is 10.5. The molecule has 96 valence electrons. The van der Waals surface area contributed by atoms with E-state index in [1.54, 1.807) is 0 Å². The van der Waals surface area contributed by atoms with Gasteiger partial charge in [-0.25, -0.2) is 0 Å². The van der Waals surface area contributed by atoms with Crippen molar-refractivity contribution in [3.63, 3.8) is 0 Å². The molecule has 0 spiro atoms. The maximum Gasteiger partial charge on any atom is 0.319 e. The third-order valence-electron chi connectivity index (χ3n) is 4.91. The van der Waals surface area contributed by atoms with Crippen molar-refractivity contribution in [2.75, 3.05) is 0 Å². The lowest BCUT2D eigenvalue weighted by molar-refractivity contribution is -0.185. The van der Waals surface area contributed by atoms with Crippen molar-refractivity contribution in [3.05, 3.63) is 0 Å². The molecule has 4 rings (SSSR count). The highest BCUT2D eigenvalue weighted by atomic mass is 127. The molecule has 0 heterocycles. The maximum absolute atomic E-state index is 12.0. The fraction of sp³-hybridized carbons (Fsp3) is 0.929. The summed E-state index contributed by atoms with van der Waals surface area (Å²) >= 11 is 2.22. The van der Waals surface area contributed by atoms with Crippen molar-refractivity contribution < 1.29 is 9.53 Å². The van der Waals surface area contributed by atoms with Crippen LogP contribution in [-0.4, -0.2) is 15.5 Å². The predicted octanol–water partition coefficient (Wildman–Crippen LogP) is 3.71. The van der Waals surface area contributed by atoms with Gasteiger partial charge in [0.15, 0.2) is 0 Å². The summed E-state index contributed by atoms with van der Waals surface area (Å²) in [6.45, 7) is 2.05. The fourth-order valence-electron chi connectivity index (χ4n) is 4.60. The molecule has 0 N–H and O–H groups in total. The Kier molecular flexibility index (Phi) is 3.16. The van der Waals surface area contributed by atoms with Gasteiger partial charge in [0.25, 0.3) is 0 Å². The van der Waals surface area contributed by atoms with Gasteiger partial charge in [-0.05, 0) is 62.7 Å². The Bertz CT molecular complexity index is 291. The lowest BCUT2D eigenvalue weighted by atomic mass is 9.54. The topological polar surface area (TPSA) is 26.3 Å². The second kappa shape index (κ2) is 4.39. The summed E-state index contributed by atoms with van der Waals surface area (Å²) in [7, 11) is 0. The highest BCUT2D eigenvalue weighted by Gasteiger charge is 2.53. The highest BCUT2D eigenvalue weighted by Crippen LogP contribution is 2.57. The number of carbonyl (C=O) groups is 1. The second-order valence-electron chi connectivity index (χ2n) is 6.40. The molecule has 0 aromatic rings. The molecular weight excluding hydrogens is 327 g/mol. The first-order chi connectivity index (χ1) is 8.10. The molecule has 17 heavy (non-hydrogen) atoms. The number of hydrogen-bond donors (Lipinski definition) is 0. The number of alkyl halides is 1. The number of ether oxygens (including phenoxy) is 1. The van der Waals surface area contributed by atoms with Crippen LogP contribution in [0.15, 0.2) is 0 Å². The Morgan fingerprint density at radius 3 is 2.12 bits per heavy atom. The van der Waals surface area contributed by atoms with E-state index in [2.05, 4.69) is 29.5 Å². The molecule has 2 nitrogen and oxygen atoms in total. The summed E-state index contributed by atoms with van der Waals surface area (Å²) in [6.07, 6.45) is 8.54. The number of halogens is 1. The lowest BCUT2D eigenvalue weighted by Gasteiger charge is -2.55. The Morgan fingerprint density at radius 2 is 1.71 bits per heavy atom. The molecule has 0 aromatic carbocycles. The van der Waals surface area contributed by atoms with Crippen molar-refractivity contribution in [2.45, 2.75) is 61.4 Å². The van der Waals surface area contributed by atoms with Crippen molar-refractivity contribution in [1.82, 2.24) is 0 Å². The van der Waals surface area contributed by atoms with E-state index in [0.717, 1.165) is 43.4 Å². The van der Waals surface area contributed by atoms with Crippen LogP contribution in [0.5, 0.6) is 0 Å². The summed E-state index contributed by atoms with van der Waals surface area (Å²) in [5.41, 5.74) is -0.0512. The minimum absolute atomic E-state index is 0.0371. The van der Waals surface area contributed by atoms with Crippen LogP contribution in [-0.2, 0) is 9.53 Å². The molecule has 4 fully saturated rings. The second-order valence-corrected chi connectivity index (χ2v) is 7.90. The van der Waals surface area contributed by atoms with Crippen molar-refractivity contribution in [1.29, 1.82) is 0 Å². The van der Waals surface area contributed by atoms with Crippen LogP contribution in [0.1, 0.15) is 51.9 Å². The van der Waals surface area contributed by atoms with Crippen LogP contribution in [0, 0.1) is 17.8 Å². The van der Waals surface area contributed by atoms with Gasteiger partial charge >= 0.3 is 5.97 Å². The Morgan fingerprint density at radius 1 is 1.24 bits per heavy atom. The monoisotopic (exact) mass is 348 g/mol. The third-order valence-corrected chi connectivity index (χ3v) is 6.30. The van der Waals surface area contributed by atoms with Gasteiger partial charge in [-0.2, -0.15) is 0 Å². The summed E-state index contributed by atoms with van der Waals surface area (Å²) in [5, 5.41) is 0. The van der Waals surface area contributed by atoms with E-state index in [-0.39, 0.29) is 15.5 Å². The van der Waals surface area contributed by atoms with E-state index in [1.807, 2.05) is 0 Å². The van der Waals surface area contributed by atoms with Gasteiger partial charge in [0.1, 0.15) is 9.53 Å². The first-order valence-electron chi connectivity index (χ1n) is 6.97. The van der Waals surface area contributed by atoms with E-state index in [4.69, 9.17) is 4.74 Å². The van der Waals surface area contributed by atoms with Crippen LogP contribution < -0.4 is 0 Å². The van der Waals surface area contributed by atoms with Gasteiger partial charge in [-0.15, -0.1) is 0 Å². The van der Waals surface area contributed by atoms with E-state index < -0.39 is 0 Å². The smallest absolute Gasteiger partial charge is 0.319 e. The molecule has 0 radical (unpaired) electrons. The average molecular weight is 348 g/mol. The number of rotatable bonds is 3. The summed E-state index contributed by atoms with van der Waals surface area (Å²) in [6, 6.07) is 0. The first kappa shape index (κ1) is 12.2. The standard InChI is InChI=1S/C14H21IO2/c1-2-12(15)13(16)17-14-6-9-3-10(7-14)5-11(4-9)8-14/h9-12H,2-8H2,1H3. The summed E-state index contributed by atoms with van der Waals surface area (Å²) < 4.78 is 6.00. The SMILES string of the molecule is CCC(I)C(=O)OC12CC3CC(CC(C3)C1)C2. The van der Waals surface area contributed by atoms with Crippen molar-refractivity contribution in [3.8, 4) is 0 Å². The normalized spacial score (nSPS) is 44.7. The van der Waals surface area contributed by atoms with Gasteiger partial charge in [0.05, 0.1) is 0 Å². The van der Waals surface area contributed by atoms with Gasteiger partial charge in [-0.3, -0.25) is 4.79 Å². The first-order valence-corrected chi connectivity index (χ1v) is 8.22. The largest absolute Gasteiger partial charge is 0.458 e. The molecule has 4 aliphatic carbocycles. The summed E-state index contributed by atoms with van der Waals surface area (Å²) in [5.74, 6) is 2.59. The number of esters is 1. The average Bonchev–Trinajstić information content (AvgIpc) is 2.25. The molecule has 0 aliphatic heterocycles. The minimum atomic E-state index is -0.0512. The van der Waals surface area contributed by atoms with E-state index >= 15 is 0 Å². The molecule has 0 amide bonds. The van der Waals surface area contributed by atoms with Gasteiger partial charge in [0.2, 0.25) is 0 Å². The van der Waals surface area contributed by atoms with Crippen LogP contribution in [0.25, 0.3) is 0 Å². The third kappa shape index (κ3) is 2.24. The number of carbonyl (C=O) groups excluding carboxylic acids is 1. The van der Waals surface area contributed by atoms with Crippen molar-refractivity contribution >= 4 is 28.6 Å². The van der Waals surface area contributed by atoms with E-state index in [9.17, 15) is 4.79 Å². The van der Waals surface area contributed by atoms with E-state index in [1.165, 1.54) is 19.3 Å². The van der Waals surface area contributed by atoms with Crippen LogP contribution in [0.2, 0.25) is 0 Å². The van der Waals surface area contributed by atoms with Gasteiger partial charge in [0, 0.05) is 0 Å². The van der Waals surface area contributed by atoms with Gasteiger partial charge < -0.3 is 4.74 Å². The molecule has 0 aromatic heterocycles. The van der Waals surface area contributed by atoms with Crippen molar-refractivity contribution in [2.24, 2.45) is 17.8 Å². The molecule has 1 atom stereocenters. The Hall–Kier alpha value is 0.200. The fourth-order valence-corrected chi connectivity index (χ4v) is 4.73. The molecule has 0 saturated heterocycles. The van der Waals surface area contributed by atoms with Gasteiger partial charge in [-0.1, -0.05) is 29.5 Å². The Labute approximate surface area is 117 Å². The summed E-state index contributed by atoms with van der Waals surface area (Å²) in [4.78, 5) is 12.0. The quantitative estimate of drug-likeness (QED) is 0.442. The predicted molar refractivity (Wildman–Crippen MR) is 75.1 cm³/mol. The molecule has 4 bridgehead atoms. The zero-order valence-corrected chi connectivity index (χ0v) is 12.6. The molecular formula is C14H21IO2. The maximum atomic E-state index is 12.0. The molecule has 4 aliphatic rings. The van der Waals surface area contributed by atoms with E-state index in [0.29, 0.717) is 0 Å². The Balaban J connectivity index is 1.72. The number of hydrogen-bond acceptors (Lipinski definition) is 2. The van der Waals surface area contributed by atoms with Crippen LogP contribution >= 0.6 is 22.6 Å². The highest BCUT2D eigenvalue weighted by molar-refractivity contribution is 14.1. The molecule has 4 saturated carbocycles. The minimum Gasteiger partial charge on any atom is -0.458 e. The lowest BCUT2D eigenvalue weighted by Crippen LogP contribution is -2.53.